The number of benzene rings is 1. The van der Waals surface area contributed by atoms with Crippen molar-refractivity contribution in [1.29, 1.82) is 0 Å². The van der Waals surface area contributed by atoms with Gasteiger partial charge in [0.25, 0.3) is 0 Å². The van der Waals surface area contributed by atoms with Gasteiger partial charge in [0.2, 0.25) is 23.6 Å². The number of carbonyl (C=O) groups is 5. The minimum atomic E-state index is -1.21. The summed E-state index contributed by atoms with van der Waals surface area (Å²) in [6.45, 7) is 5.45. The van der Waals surface area contributed by atoms with Crippen LogP contribution in [0, 0.1) is 5.92 Å². The normalized spacial score (nSPS) is 23.5. The molecule has 3 aliphatic rings. The van der Waals surface area contributed by atoms with Crippen LogP contribution in [0.5, 0.6) is 5.75 Å². The van der Waals surface area contributed by atoms with Crippen LogP contribution in [-0.2, 0) is 30.4 Å². The smallest absolute Gasteiger partial charge is 0.326 e. The van der Waals surface area contributed by atoms with Gasteiger partial charge in [0.05, 0.1) is 6.04 Å². The van der Waals surface area contributed by atoms with Gasteiger partial charge in [-0.3, -0.25) is 19.2 Å². The molecule has 0 spiro atoms. The molecule has 3 heterocycles. The summed E-state index contributed by atoms with van der Waals surface area (Å²) in [5, 5.41) is 27.9. The van der Waals surface area contributed by atoms with Crippen molar-refractivity contribution in [3.05, 3.63) is 29.8 Å². The van der Waals surface area contributed by atoms with Crippen LogP contribution in [-0.4, -0.2) is 99.5 Å². The predicted octanol–water partition coefficient (Wildman–Crippen LogP) is 0.769. The maximum absolute atomic E-state index is 13.8. The number of carboxylic acids is 1. The molecular weight excluding hydrogens is 542 g/mol. The highest BCUT2D eigenvalue weighted by molar-refractivity contribution is 5.96. The number of hydrogen-bond donors (Lipinski definition) is 5. The van der Waals surface area contributed by atoms with E-state index in [1.807, 2.05) is 13.8 Å². The number of phenols is 1. The molecule has 5 N–H and O–H groups in total. The molecule has 4 amide bonds. The lowest BCUT2D eigenvalue weighted by molar-refractivity contribution is -0.149. The zero-order valence-electron chi connectivity index (χ0n) is 24.4. The monoisotopic (exact) mass is 585 g/mol. The van der Waals surface area contributed by atoms with Crippen LogP contribution >= 0.6 is 0 Å². The molecule has 230 valence electrons. The van der Waals surface area contributed by atoms with Gasteiger partial charge in [0.15, 0.2) is 0 Å². The number of carbonyl (C=O) groups excluding carboxylic acids is 4. The second-order valence-electron chi connectivity index (χ2n) is 12.0. The molecule has 12 nitrogen and oxygen atoms in total. The fourth-order valence-corrected chi connectivity index (χ4v) is 6.19. The van der Waals surface area contributed by atoms with Crippen molar-refractivity contribution in [2.24, 2.45) is 5.92 Å². The summed E-state index contributed by atoms with van der Waals surface area (Å²) in [6, 6.07) is 2.22. The second kappa shape index (κ2) is 14.0. The minimum absolute atomic E-state index is 0.0201. The second-order valence-corrected chi connectivity index (χ2v) is 12.0. The Morgan fingerprint density at radius 2 is 1.52 bits per heavy atom. The average Bonchev–Trinajstić information content (AvgIpc) is 3.74. The third-order valence-corrected chi connectivity index (χ3v) is 8.35. The van der Waals surface area contributed by atoms with Crippen molar-refractivity contribution >= 4 is 29.6 Å². The maximum Gasteiger partial charge on any atom is 0.326 e. The Labute approximate surface area is 246 Å². The highest BCUT2D eigenvalue weighted by Gasteiger charge is 2.44. The number of hydrogen-bond acceptors (Lipinski definition) is 7. The van der Waals surface area contributed by atoms with Crippen molar-refractivity contribution in [2.45, 2.75) is 95.4 Å². The number of phenolic OH excluding ortho intramolecular Hbond substituents is 1. The van der Waals surface area contributed by atoms with Crippen molar-refractivity contribution in [3.8, 4) is 5.75 Å². The molecule has 3 fully saturated rings. The van der Waals surface area contributed by atoms with Crippen molar-refractivity contribution < 1.29 is 34.2 Å². The van der Waals surface area contributed by atoms with Crippen LogP contribution in [0.2, 0.25) is 0 Å². The van der Waals surface area contributed by atoms with Crippen molar-refractivity contribution in [2.75, 3.05) is 19.6 Å². The zero-order chi connectivity index (χ0) is 30.4. The highest BCUT2D eigenvalue weighted by Crippen LogP contribution is 2.26. The molecule has 0 aliphatic carbocycles. The van der Waals surface area contributed by atoms with Gasteiger partial charge in [0, 0.05) is 19.5 Å². The third kappa shape index (κ3) is 7.58. The SMILES string of the molecule is CC(C)C[C@H](NC(=O)[C@@H]1CCCN1)C(=O)N1CCC[C@H]1C(=O)N1CCC[C@H]1C(=O)N[C@@H](Cc1ccc(O)cc1)C(=O)O. The van der Waals surface area contributed by atoms with Crippen molar-refractivity contribution in [1.82, 2.24) is 25.8 Å². The molecule has 42 heavy (non-hydrogen) atoms. The lowest BCUT2D eigenvalue weighted by atomic mass is 10.0. The van der Waals surface area contributed by atoms with Gasteiger partial charge in [-0.1, -0.05) is 26.0 Å². The van der Waals surface area contributed by atoms with E-state index in [0.717, 1.165) is 19.4 Å². The number of rotatable bonds is 11. The molecule has 0 aromatic heterocycles. The number of nitrogens with one attached hydrogen (secondary N) is 3. The molecule has 0 saturated carbocycles. The lowest BCUT2D eigenvalue weighted by Crippen LogP contribution is -2.58. The van der Waals surface area contributed by atoms with Crippen LogP contribution in [0.4, 0.5) is 0 Å². The number of nitrogens with zero attached hydrogens (tertiary/aromatic N) is 2. The third-order valence-electron chi connectivity index (χ3n) is 8.35. The highest BCUT2D eigenvalue weighted by atomic mass is 16.4. The van der Waals surface area contributed by atoms with Gasteiger partial charge in [-0.25, -0.2) is 4.79 Å². The summed E-state index contributed by atoms with van der Waals surface area (Å²) in [5.41, 5.74) is 0.631. The fourth-order valence-electron chi connectivity index (χ4n) is 6.19. The summed E-state index contributed by atoms with van der Waals surface area (Å²) in [6.07, 6.45) is 4.15. The van der Waals surface area contributed by atoms with E-state index in [0.29, 0.717) is 50.8 Å². The van der Waals surface area contributed by atoms with Crippen LogP contribution in [0.3, 0.4) is 0 Å². The molecule has 1 aromatic carbocycles. The van der Waals surface area contributed by atoms with Gasteiger partial charge < -0.3 is 36.0 Å². The Hall–Kier alpha value is -3.67. The first-order valence-corrected chi connectivity index (χ1v) is 15.0. The van der Waals surface area contributed by atoms with E-state index in [-0.39, 0.29) is 41.9 Å². The van der Waals surface area contributed by atoms with Crippen LogP contribution < -0.4 is 16.0 Å². The van der Waals surface area contributed by atoms with Gasteiger partial charge in [-0.15, -0.1) is 0 Å². The Balaban J connectivity index is 1.43. The molecule has 12 heteroatoms. The van der Waals surface area contributed by atoms with E-state index in [1.54, 1.807) is 17.0 Å². The Morgan fingerprint density at radius 1 is 0.881 bits per heavy atom. The van der Waals surface area contributed by atoms with Crippen molar-refractivity contribution in [3.63, 3.8) is 0 Å². The fraction of sp³-hybridized carbons (Fsp3) is 0.633. The van der Waals surface area contributed by atoms with E-state index in [1.165, 1.54) is 17.0 Å². The molecule has 0 bridgehead atoms. The molecule has 0 unspecified atom stereocenters. The topological polar surface area (TPSA) is 168 Å². The summed E-state index contributed by atoms with van der Waals surface area (Å²) in [5.74, 6) is -2.37. The van der Waals surface area contributed by atoms with Crippen LogP contribution in [0.25, 0.3) is 0 Å². The Bertz CT molecular complexity index is 1150. The first-order chi connectivity index (χ1) is 20.0. The Kier molecular flexibility index (Phi) is 10.4. The number of amides is 4. The number of aliphatic carboxylic acids is 1. The van der Waals surface area contributed by atoms with Gasteiger partial charge >= 0.3 is 5.97 Å². The molecule has 1 aromatic rings. The first kappa shape index (κ1) is 31.3. The number of aromatic hydroxyl groups is 1. The lowest BCUT2D eigenvalue weighted by Gasteiger charge is -2.33. The summed E-state index contributed by atoms with van der Waals surface area (Å²) in [4.78, 5) is 68.7. The van der Waals surface area contributed by atoms with E-state index >= 15 is 0 Å². The van der Waals surface area contributed by atoms with Gasteiger partial charge in [-0.2, -0.15) is 0 Å². The van der Waals surface area contributed by atoms with E-state index in [2.05, 4.69) is 16.0 Å². The molecule has 3 aliphatic heterocycles. The molecule has 3 saturated heterocycles. The van der Waals surface area contributed by atoms with Crippen LogP contribution in [0.15, 0.2) is 24.3 Å². The molecule has 0 radical (unpaired) electrons. The quantitative estimate of drug-likeness (QED) is 0.254. The number of carboxylic acid groups (broad SMARTS) is 1. The van der Waals surface area contributed by atoms with E-state index in [4.69, 9.17) is 0 Å². The minimum Gasteiger partial charge on any atom is -0.508 e. The largest absolute Gasteiger partial charge is 0.508 e. The van der Waals surface area contributed by atoms with Crippen LogP contribution in [0.1, 0.15) is 64.4 Å². The Morgan fingerprint density at radius 3 is 2.14 bits per heavy atom. The molecule has 5 atom stereocenters. The average molecular weight is 586 g/mol. The summed E-state index contributed by atoms with van der Waals surface area (Å²) < 4.78 is 0. The summed E-state index contributed by atoms with van der Waals surface area (Å²) in [7, 11) is 0. The predicted molar refractivity (Wildman–Crippen MR) is 153 cm³/mol. The maximum atomic E-state index is 13.8. The molecular formula is C30H43N5O7. The molecule has 4 rings (SSSR count). The zero-order valence-corrected chi connectivity index (χ0v) is 24.4. The van der Waals surface area contributed by atoms with E-state index in [9.17, 15) is 34.2 Å². The van der Waals surface area contributed by atoms with Gasteiger partial charge in [0.1, 0.15) is 29.9 Å². The van der Waals surface area contributed by atoms with Gasteiger partial charge in [-0.05, 0) is 75.1 Å². The van der Waals surface area contributed by atoms with E-state index < -0.39 is 36.0 Å². The first-order valence-electron chi connectivity index (χ1n) is 15.0. The summed E-state index contributed by atoms with van der Waals surface area (Å²) >= 11 is 0. The number of likely N-dealkylation sites (tertiary alicyclic amines) is 2. The standard InChI is InChI=1S/C30H43N5O7/c1-18(2)16-22(32-26(37)21-6-3-13-31-21)28(39)35-15-5-8-25(35)29(40)34-14-4-7-24(34)27(38)33-23(30(41)42)17-19-9-11-20(36)12-10-19/h9-12,18,21-25,31,36H,3-8,13-17H2,1-2H3,(H,32,37)(H,33,38)(H,41,42)/t21-,22-,23-,24-,25-/m0/s1.